The van der Waals surface area contributed by atoms with E-state index in [0.29, 0.717) is 0 Å². The summed E-state index contributed by atoms with van der Waals surface area (Å²) in [5.74, 6) is -0.888. The largest absolute Gasteiger partial charge is 0.465 e. The van der Waals surface area contributed by atoms with Crippen LogP contribution in [0.5, 0.6) is 0 Å². The molecule has 0 aliphatic carbocycles. The lowest BCUT2D eigenvalue weighted by Crippen LogP contribution is -2.05. The fourth-order valence-corrected chi connectivity index (χ4v) is 1.77. The second-order valence-electron chi connectivity index (χ2n) is 2.63. The monoisotopic (exact) mass is 283 g/mol. The fourth-order valence-electron chi connectivity index (χ4n) is 1.00. The van der Waals surface area contributed by atoms with Gasteiger partial charge in [-0.15, -0.1) is 0 Å². The molecule has 0 spiro atoms. The van der Waals surface area contributed by atoms with E-state index in [1.54, 1.807) is 0 Å². The van der Waals surface area contributed by atoms with E-state index in [9.17, 15) is 14.9 Å². The minimum Gasteiger partial charge on any atom is -0.465 e. The third-order valence-corrected chi connectivity index (χ3v) is 2.89. The summed E-state index contributed by atoms with van der Waals surface area (Å²) in [6.07, 6.45) is 0. The number of carbonyl (C=O) groups excluding carboxylic acids is 1. The number of benzene rings is 1. The van der Waals surface area contributed by atoms with Crippen molar-refractivity contribution in [2.75, 3.05) is 7.11 Å². The van der Waals surface area contributed by atoms with Gasteiger partial charge in [0.05, 0.1) is 22.1 Å². The maximum atomic E-state index is 11.3. The molecule has 0 aliphatic rings. The van der Waals surface area contributed by atoms with Crippen molar-refractivity contribution in [3.05, 3.63) is 36.8 Å². The highest BCUT2D eigenvalue weighted by Gasteiger charge is 2.26. The van der Waals surface area contributed by atoms with Crippen LogP contribution in [0.1, 0.15) is 10.4 Å². The normalized spacial score (nSPS) is 10.0. The van der Waals surface area contributed by atoms with Gasteiger partial charge in [0.15, 0.2) is 0 Å². The van der Waals surface area contributed by atoms with E-state index in [4.69, 9.17) is 34.8 Å². The number of hydrogen-bond acceptors (Lipinski definition) is 4. The molecule has 0 N–H and O–H groups in total. The van der Waals surface area contributed by atoms with Crippen LogP contribution in [0.3, 0.4) is 0 Å². The first-order valence-corrected chi connectivity index (χ1v) is 4.93. The molecule has 0 bridgehead atoms. The number of nitro groups is 1. The average Bonchev–Trinajstić information content (AvgIpc) is 2.22. The molecular weight excluding hydrogens is 280 g/mol. The molecule has 0 atom stereocenters. The van der Waals surface area contributed by atoms with Crippen molar-refractivity contribution in [2.45, 2.75) is 0 Å². The third kappa shape index (κ3) is 2.21. The fraction of sp³-hybridized carbons (Fsp3) is 0.125. The maximum Gasteiger partial charge on any atom is 0.341 e. The molecule has 0 unspecified atom stereocenters. The summed E-state index contributed by atoms with van der Waals surface area (Å²) >= 11 is 17.0. The molecule has 8 heteroatoms. The van der Waals surface area contributed by atoms with Crippen LogP contribution in [0.2, 0.25) is 15.1 Å². The number of ether oxygens (including phenoxy) is 1. The molecule has 86 valence electrons. The summed E-state index contributed by atoms with van der Waals surface area (Å²) in [7, 11) is 1.10. The minimum atomic E-state index is -0.888. The van der Waals surface area contributed by atoms with Crippen molar-refractivity contribution in [3.63, 3.8) is 0 Å². The van der Waals surface area contributed by atoms with Crippen molar-refractivity contribution < 1.29 is 14.5 Å². The van der Waals surface area contributed by atoms with Crippen LogP contribution in [0.4, 0.5) is 5.69 Å². The molecule has 5 nitrogen and oxygen atoms in total. The highest BCUT2D eigenvalue weighted by atomic mass is 35.5. The van der Waals surface area contributed by atoms with Crippen LogP contribution < -0.4 is 0 Å². The Morgan fingerprint density at radius 1 is 1.38 bits per heavy atom. The Kier molecular flexibility index (Phi) is 3.96. The van der Waals surface area contributed by atoms with Gasteiger partial charge >= 0.3 is 5.97 Å². The summed E-state index contributed by atoms with van der Waals surface area (Å²) in [6, 6.07) is 0.971. The van der Waals surface area contributed by atoms with Crippen LogP contribution >= 0.6 is 34.8 Å². The number of esters is 1. The van der Waals surface area contributed by atoms with E-state index in [1.807, 2.05) is 0 Å². The number of carbonyl (C=O) groups is 1. The molecule has 0 aromatic heterocycles. The number of nitrogens with zero attached hydrogens (tertiary/aromatic N) is 1. The van der Waals surface area contributed by atoms with Crippen LogP contribution in [0.25, 0.3) is 0 Å². The SMILES string of the molecule is COC(=O)c1c(Cl)c(Cl)cc([N+](=O)[O-])c1Cl. The Bertz CT molecular complexity index is 475. The van der Waals surface area contributed by atoms with Gasteiger partial charge in [-0.1, -0.05) is 34.8 Å². The summed E-state index contributed by atoms with van der Waals surface area (Å²) in [4.78, 5) is 21.2. The predicted octanol–water partition coefficient (Wildman–Crippen LogP) is 3.34. The van der Waals surface area contributed by atoms with Gasteiger partial charge < -0.3 is 4.74 Å². The lowest BCUT2D eigenvalue weighted by Gasteiger charge is -2.06. The summed E-state index contributed by atoms with van der Waals surface area (Å²) in [6.45, 7) is 0. The summed E-state index contributed by atoms with van der Waals surface area (Å²) < 4.78 is 4.40. The minimum absolute atomic E-state index is 0.141. The molecule has 0 heterocycles. The summed E-state index contributed by atoms with van der Waals surface area (Å²) in [5.41, 5.74) is -0.818. The molecule has 1 rings (SSSR count). The molecule has 1 aromatic carbocycles. The molecule has 0 saturated carbocycles. The number of nitro benzene ring substituents is 1. The second-order valence-corrected chi connectivity index (χ2v) is 3.79. The average molecular weight is 284 g/mol. The van der Waals surface area contributed by atoms with Crippen molar-refractivity contribution in [1.29, 1.82) is 0 Å². The van der Waals surface area contributed by atoms with E-state index in [2.05, 4.69) is 4.74 Å². The zero-order chi connectivity index (χ0) is 12.5. The van der Waals surface area contributed by atoms with Gasteiger partial charge in [0, 0.05) is 6.07 Å². The quantitative estimate of drug-likeness (QED) is 0.361. The molecule has 16 heavy (non-hydrogen) atoms. The Labute approximate surface area is 105 Å². The Hall–Kier alpha value is -1.04. The Morgan fingerprint density at radius 3 is 2.38 bits per heavy atom. The second kappa shape index (κ2) is 4.86. The van der Waals surface area contributed by atoms with Crippen LogP contribution in [-0.2, 0) is 4.74 Å². The number of rotatable bonds is 2. The maximum absolute atomic E-state index is 11.3. The molecule has 0 amide bonds. The van der Waals surface area contributed by atoms with Gasteiger partial charge in [0.2, 0.25) is 0 Å². The van der Waals surface area contributed by atoms with Gasteiger partial charge in [-0.3, -0.25) is 10.1 Å². The Balaban J connectivity index is 3.58. The molecule has 0 fully saturated rings. The standard InChI is InChI=1S/C8H4Cl3NO4/c1-16-8(13)5-6(10)3(9)2-4(7(5)11)12(14)15/h2H,1H3. The van der Waals surface area contributed by atoms with E-state index >= 15 is 0 Å². The zero-order valence-corrected chi connectivity index (χ0v) is 10.1. The van der Waals surface area contributed by atoms with Gasteiger partial charge in [0.1, 0.15) is 10.6 Å². The molecule has 0 radical (unpaired) electrons. The van der Waals surface area contributed by atoms with Crippen LogP contribution in [0.15, 0.2) is 6.07 Å². The van der Waals surface area contributed by atoms with Crippen LogP contribution in [-0.4, -0.2) is 18.0 Å². The topological polar surface area (TPSA) is 69.4 Å². The smallest absolute Gasteiger partial charge is 0.341 e. The van der Waals surface area contributed by atoms with E-state index in [-0.39, 0.29) is 15.6 Å². The highest BCUT2D eigenvalue weighted by Crippen LogP contribution is 2.38. The molecule has 0 saturated heterocycles. The molecule has 0 aliphatic heterocycles. The van der Waals surface area contributed by atoms with E-state index in [1.165, 1.54) is 0 Å². The van der Waals surface area contributed by atoms with Crippen LogP contribution in [0, 0.1) is 10.1 Å². The van der Waals surface area contributed by atoms with Crippen molar-refractivity contribution in [1.82, 2.24) is 0 Å². The first-order valence-electron chi connectivity index (χ1n) is 3.80. The van der Waals surface area contributed by atoms with Crippen molar-refractivity contribution in [3.8, 4) is 0 Å². The summed E-state index contributed by atoms with van der Waals surface area (Å²) in [5, 5.41) is 9.90. The van der Waals surface area contributed by atoms with E-state index < -0.39 is 21.6 Å². The first kappa shape index (κ1) is 13.0. The Morgan fingerprint density at radius 2 is 1.94 bits per heavy atom. The third-order valence-electron chi connectivity index (χ3n) is 1.72. The first-order chi connectivity index (χ1) is 7.40. The molecule has 1 aromatic rings. The number of methoxy groups -OCH3 is 1. The molecular formula is C8H4Cl3NO4. The zero-order valence-electron chi connectivity index (χ0n) is 7.79. The van der Waals surface area contributed by atoms with Gasteiger partial charge in [0.25, 0.3) is 5.69 Å². The predicted molar refractivity (Wildman–Crippen MR) is 59.5 cm³/mol. The van der Waals surface area contributed by atoms with Gasteiger partial charge in [-0.25, -0.2) is 4.79 Å². The lowest BCUT2D eigenvalue weighted by molar-refractivity contribution is -0.384. The van der Waals surface area contributed by atoms with Gasteiger partial charge in [-0.2, -0.15) is 0 Å². The van der Waals surface area contributed by atoms with Crippen molar-refractivity contribution in [2.24, 2.45) is 0 Å². The van der Waals surface area contributed by atoms with Crippen molar-refractivity contribution >= 4 is 46.5 Å². The number of hydrogen-bond donors (Lipinski definition) is 0. The van der Waals surface area contributed by atoms with Gasteiger partial charge in [-0.05, 0) is 0 Å². The lowest BCUT2D eigenvalue weighted by atomic mass is 10.2. The van der Waals surface area contributed by atoms with E-state index in [0.717, 1.165) is 13.2 Å². The number of halogens is 3. The highest BCUT2D eigenvalue weighted by molar-refractivity contribution is 6.46.